The Morgan fingerprint density at radius 1 is 1.02 bits per heavy atom. The van der Waals surface area contributed by atoms with E-state index < -0.39 is 41.2 Å². The van der Waals surface area contributed by atoms with Gasteiger partial charge in [-0.1, -0.05) is 25.8 Å². The molecule has 2 N–H and O–H groups in total. The summed E-state index contributed by atoms with van der Waals surface area (Å²) in [6, 6.07) is 4.51. The number of piperidine rings is 1. The standard InChI is InChI=1S/C38H41F3N8O4/c1-20-10-11-29(38(39,40)41)45-34(20)46-36(53)28-14-37-15-30(37)49(28)31(51)18-48-33-24(9-7-5-6-8-21(2)35(52)44-19-37)12-25(26-16-42-23(4)43-17-26)13-27(33)32(47-48)22(3)50/h10-13,16-17,21,28,30H,5-9,14-15,18-19H2,1-4H3,(H,44,52)(H,45,46,53)/t21-,28+,30-,37+/m1/s1. The number of carbonyl (C=O) groups excluding carboxylic acids is 4. The molecule has 3 aliphatic rings. The van der Waals surface area contributed by atoms with Crippen molar-refractivity contribution in [3.63, 3.8) is 0 Å². The molecule has 0 radical (unpaired) electrons. The average Bonchev–Trinajstić information content (AvgIpc) is 3.52. The summed E-state index contributed by atoms with van der Waals surface area (Å²) in [5.41, 5.74) is 1.88. The Balaban J connectivity index is 1.29. The summed E-state index contributed by atoms with van der Waals surface area (Å²) >= 11 is 0. The molecule has 12 nitrogen and oxygen atoms in total. The van der Waals surface area contributed by atoms with Gasteiger partial charge >= 0.3 is 6.18 Å². The average molecular weight is 731 g/mol. The van der Waals surface area contributed by atoms with Gasteiger partial charge in [0, 0.05) is 54.2 Å². The highest BCUT2D eigenvalue weighted by atomic mass is 19.4. The lowest BCUT2D eigenvalue weighted by molar-refractivity contribution is -0.141. The zero-order valence-electron chi connectivity index (χ0n) is 30.0. The number of hydrogen-bond donors (Lipinski definition) is 2. The zero-order chi connectivity index (χ0) is 37.8. The van der Waals surface area contributed by atoms with Gasteiger partial charge in [0.05, 0.1) is 5.52 Å². The molecular weight excluding hydrogens is 689 g/mol. The SMILES string of the molecule is CC(=O)c1nn2c3c(cc(-c4cnc(C)nc4)cc13)CCCCC[C@@H](C)C(=O)NC[C@@]13C[C@@H](C(=O)Nc4nc(C(F)(F)F)ccc4C)N(C(=O)C2)[C@@H]1C3. The second-order valence-corrected chi connectivity index (χ2v) is 14.8. The molecule has 53 heavy (non-hydrogen) atoms. The Morgan fingerprint density at radius 3 is 2.49 bits per heavy atom. The van der Waals surface area contributed by atoms with Crippen LogP contribution in [-0.2, 0) is 33.5 Å². The summed E-state index contributed by atoms with van der Waals surface area (Å²) in [6.07, 6.45) is 3.24. The van der Waals surface area contributed by atoms with Crippen molar-refractivity contribution >= 4 is 40.2 Å². The number of halogens is 3. The van der Waals surface area contributed by atoms with E-state index in [0.717, 1.165) is 42.0 Å². The number of hydrogen-bond acceptors (Lipinski definition) is 8. The number of nitrogens with one attached hydrogen (secondary N) is 2. The number of aryl methyl sites for hydroxylation is 3. The third-order valence-electron chi connectivity index (χ3n) is 10.9. The zero-order valence-corrected chi connectivity index (χ0v) is 30.0. The van der Waals surface area contributed by atoms with Crippen LogP contribution < -0.4 is 10.6 Å². The lowest BCUT2D eigenvalue weighted by Crippen LogP contribution is -2.47. The van der Waals surface area contributed by atoms with E-state index in [-0.39, 0.29) is 48.6 Å². The number of carbonyl (C=O) groups is 4. The number of ketones is 1. The molecule has 0 spiro atoms. The van der Waals surface area contributed by atoms with Crippen LogP contribution >= 0.6 is 0 Å². The van der Waals surface area contributed by atoms with Crippen LogP contribution in [0.1, 0.15) is 85.5 Å². The maximum absolute atomic E-state index is 14.5. The van der Waals surface area contributed by atoms with Gasteiger partial charge in [-0.3, -0.25) is 23.9 Å². The molecule has 1 saturated carbocycles. The lowest BCUT2D eigenvalue weighted by Gasteiger charge is -2.27. The minimum Gasteiger partial charge on any atom is -0.355 e. The van der Waals surface area contributed by atoms with E-state index in [2.05, 4.69) is 30.7 Å². The first kappa shape index (κ1) is 36.2. The largest absolute Gasteiger partial charge is 0.433 e. The predicted molar refractivity (Wildman–Crippen MR) is 189 cm³/mol. The number of alkyl halides is 3. The van der Waals surface area contributed by atoms with Crippen LogP contribution in [0.25, 0.3) is 22.0 Å². The van der Waals surface area contributed by atoms with Crippen molar-refractivity contribution in [2.45, 2.75) is 97.4 Å². The van der Waals surface area contributed by atoms with Gasteiger partial charge < -0.3 is 15.5 Å². The van der Waals surface area contributed by atoms with Gasteiger partial charge in [0.2, 0.25) is 17.7 Å². The summed E-state index contributed by atoms with van der Waals surface area (Å²) in [5, 5.41) is 10.9. The fourth-order valence-electron chi connectivity index (χ4n) is 7.88. The summed E-state index contributed by atoms with van der Waals surface area (Å²) in [7, 11) is 0. The minimum absolute atomic E-state index is 0.101. The first-order chi connectivity index (χ1) is 25.1. The molecule has 3 amide bonds. The number of nitrogens with zero attached hydrogens (tertiary/aromatic N) is 6. The first-order valence-corrected chi connectivity index (χ1v) is 17.9. The molecule has 2 bridgehead atoms. The maximum atomic E-state index is 14.5. The van der Waals surface area contributed by atoms with Gasteiger partial charge in [-0.15, -0.1) is 0 Å². The number of Topliss-reactive ketones (excluding diaryl/α,β-unsaturated/α-hetero) is 1. The molecule has 1 saturated heterocycles. The Hall–Kier alpha value is -5.21. The highest BCUT2D eigenvalue weighted by Crippen LogP contribution is 2.59. The Kier molecular flexibility index (Phi) is 9.31. The topological polar surface area (TPSA) is 152 Å². The van der Waals surface area contributed by atoms with Gasteiger partial charge in [-0.25, -0.2) is 15.0 Å². The van der Waals surface area contributed by atoms with Gasteiger partial charge in [0.15, 0.2) is 5.78 Å². The molecular formula is C38H41F3N8O4. The maximum Gasteiger partial charge on any atom is 0.433 e. The third-order valence-corrected chi connectivity index (χ3v) is 10.9. The molecule has 4 atom stereocenters. The van der Waals surface area contributed by atoms with E-state index in [0.29, 0.717) is 41.6 Å². The molecule has 4 aromatic rings. The second kappa shape index (κ2) is 13.6. The van der Waals surface area contributed by atoms with Crippen molar-refractivity contribution in [3.8, 4) is 11.1 Å². The normalized spacial score (nSPS) is 23.7. The quantitative estimate of drug-likeness (QED) is 0.258. The fraction of sp³-hybridized carbons (Fsp3) is 0.474. The van der Waals surface area contributed by atoms with Gasteiger partial charge in [-0.05, 0) is 80.8 Å². The van der Waals surface area contributed by atoms with E-state index in [1.165, 1.54) is 29.5 Å². The lowest BCUT2D eigenvalue weighted by atomic mass is 9.95. The van der Waals surface area contributed by atoms with Crippen molar-refractivity contribution in [3.05, 3.63) is 65.0 Å². The predicted octanol–water partition coefficient (Wildman–Crippen LogP) is 5.59. The molecule has 7 rings (SSSR count). The van der Waals surface area contributed by atoms with Crippen LogP contribution in [0.4, 0.5) is 19.0 Å². The van der Waals surface area contributed by atoms with Crippen molar-refractivity contribution in [2.24, 2.45) is 11.3 Å². The highest BCUT2D eigenvalue weighted by molar-refractivity contribution is 6.07. The van der Waals surface area contributed by atoms with Crippen molar-refractivity contribution in [2.75, 3.05) is 11.9 Å². The Morgan fingerprint density at radius 2 is 1.77 bits per heavy atom. The summed E-state index contributed by atoms with van der Waals surface area (Å²) in [5.74, 6) is -1.36. The van der Waals surface area contributed by atoms with Crippen LogP contribution in [-0.4, -0.2) is 71.8 Å². The summed E-state index contributed by atoms with van der Waals surface area (Å²) in [6.45, 7) is 6.60. The smallest absolute Gasteiger partial charge is 0.355 e. The molecule has 3 aromatic heterocycles. The number of anilines is 1. The van der Waals surface area contributed by atoms with Crippen LogP contribution in [0, 0.1) is 25.2 Å². The monoisotopic (exact) mass is 730 g/mol. The molecule has 5 heterocycles. The number of benzene rings is 1. The minimum atomic E-state index is -4.72. The molecule has 278 valence electrons. The molecule has 0 unspecified atom stereocenters. The first-order valence-electron chi connectivity index (χ1n) is 17.9. The third kappa shape index (κ3) is 7.00. The number of rotatable bonds is 4. The Bertz CT molecular complexity index is 2130. The second-order valence-electron chi connectivity index (χ2n) is 14.8. The van der Waals surface area contributed by atoms with E-state index in [4.69, 9.17) is 0 Å². The molecule has 2 aliphatic heterocycles. The van der Waals surface area contributed by atoms with E-state index in [1.807, 2.05) is 19.1 Å². The van der Waals surface area contributed by atoms with Crippen molar-refractivity contribution < 1.29 is 32.3 Å². The highest BCUT2D eigenvalue weighted by Gasteiger charge is 2.67. The van der Waals surface area contributed by atoms with Crippen molar-refractivity contribution in [1.82, 2.24) is 34.9 Å². The Labute approximate surface area is 304 Å². The fourth-order valence-corrected chi connectivity index (χ4v) is 7.88. The van der Waals surface area contributed by atoms with E-state index in [9.17, 15) is 32.3 Å². The van der Waals surface area contributed by atoms with Gasteiger partial charge in [0.1, 0.15) is 35.6 Å². The van der Waals surface area contributed by atoms with E-state index >= 15 is 0 Å². The van der Waals surface area contributed by atoms with Crippen LogP contribution in [0.5, 0.6) is 0 Å². The number of amides is 3. The summed E-state index contributed by atoms with van der Waals surface area (Å²) < 4.78 is 42.1. The molecule has 2 fully saturated rings. The van der Waals surface area contributed by atoms with Crippen molar-refractivity contribution in [1.29, 1.82) is 0 Å². The molecule has 1 aromatic carbocycles. The van der Waals surface area contributed by atoms with Crippen LogP contribution in [0.3, 0.4) is 0 Å². The number of pyridine rings is 1. The number of aromatic nitrogens is 5. The van der Waals surface area contributed by atoms with Crippen LogP contribution in [0.2, 0.25) is 0 Å². The van der Waals surface area contributed by atoms with Gasteiger partial charge in [0.25, 0.3) is 0 Å². The molecule has 15 heteroatoms. The van der Waals surface area contributed by atoms with Crippen LogP contribution in [0.15, 0.2) is 36.7 Å². The van der Waals surface area contributed by atoms with E-state index in [1.54, 1.807) is 19.3 Å². The van der Waals surface area contributed by atoms with Gasteiger partial charge in [-0.2, -0.15) is 18.3 Å². The molecule has 1 aliphatic carbocycles. The summed E-state index contributed by atoms with van der Waals surface area (Å²) in [4.78, 5) is 68.5.